The highest BCUT2D eigenvalue weighted by atomic mass is 16.5. The standard InChI is InChI=1S/C15H19N3O3/c1-15(2,3)10-4-6-11(7-5-10)21-9-13-16-12(17-18-13)8-14(19)20/h4-7H,8-9H2,1-3H3,(H,19,20)(H,16,17,18). The lowest BCUT2D eigenvalue weighted by atomic mass is 9.87. The van der Waals surface area contributed by atoms with E-state index in [1.807, 2.05) is 24.3 Å². The molecule has 0 saturated carbocycles. The lowest BCUT2D eigenvalue weighted by Gasteiger charge is -2.19. The molecule has 2 rings (SSSR count). The third kappa shape index (κ3) is 4.30. The largest absolute Gasteiger partial charge is 0.486 e. The van der Waals surface area contributed by atoms with Crippen LogP contribution in [-0.4, -0.2) is 26.3 Å². The van der Waals surface area contributed by atoms with Gasteiger partial charge in [-0.15, -0.1) is 0 Å². The summed E-state index contributed by atoms with van der Waals surface area (Å²) in [5.74, 6) is 0.536. The number of benzene rings is 1. The highest BCUT2D eigenvalue weighted by Gasteiger charge is 2.13. The summed E-state index contributed by atoms with van der Waals surface area (Å²) in [5, 5.41) is 15.1. The van der Waals surface area contributed by atoms with Crippen molar-refractivity contribution in [3.8, 4) is 5.75 Å². The van der Waals surface area contributed by atoms with Crippen LogP contribution < -0.4 is 4.74 Å². The van der Waals surface area contributed by atoms with Crippen LogP contribution in [0.15, 0.2) is 24.3 Å². The molecule has 0 aliphatic heterocycles. The fraction of sp³-hybridized carbons (Fsp3) is 0.400. The maximum absolute atomic E-state index is 10.5. The number of nitrogens with zero attached hydrogens (tertiary/aromatic N) is 2. The molecule has 112 valence electrons. The van der Waals surface area contributed by atoms with Crippen LogP contribution in [0.25, 0.3) is 0 Å². The van der Waals surface area contributed by atoms with Crippen molar-refractivity contribution < 1.29 is 14.6 Å². The highest BCUT2D eigenvalue weighted by Crippen LogP contribution is 2.24. The van der Waals surface area contributed by atoms with Gasteiger partial charge in [-0.05, 0) is 23.1 Å². The van der Waals surface area contributed by atoms with Crippen molar-refractivity contribution in [2.45, 2.75) is 39.2 Å². The van der Waals surface area contributed by atoms with E-state index in [4.69, 9.17) is 9.84 Å². The summed E-state index contributed by atoms with van der Waals surface area (Å²) in [6.07, 6.45) is -0.198. The highest BCUT2D eigenvalue weighted by molar-refractivity contribution is 5.68. The van der Waals surface area contributed by atoms with Crippen LogP contribution in [0, 0.1) is 0 Å². The fourth-order valence-corrected chi connectivity index (χ4v) is 1.82. The summed E-state index contributed by atoms with van der Waals surface area (Å²) >= 11 is 0. The van der Waals surface area contributed by atoms with Crippen LogP contribution in [0.4, 0.5) is 0 Å². The predicted octanol–water partition coefficient (Wildman–Crippen LogP) is 2.31. The van der Waals surface area contributed by atoms with Crippen molar-refractivity contribution in [1.29, 1.82) is 0 Å². The first-order chi connectivity index (χ1) is 9.84. The number of hydrogen-bond donors (Lipinski definition) is 2. The van der Waals surface area contributed by atoms with Gasteiger partial charge in [0.1, 0.15) is 18.8 Å². The first-order valence-electron chi connectivity index (χ1n) is 6.70. The molecule has 0 spiro atoms. The minimum Gasteiger partial charge on any atom is -0.486 e. The van der Waals surface area contributed by atoms with Crippen LogP contribution in [0.2, 0.25) is 0 Å². The molecule has 0 unspecified atom stereocenters. The van der Waals surface area contributed by atoms with Gasteiger partial charge >= 0.3 is 5.97 Å². The molecule has 21 heavy (non-hydrogen) atoms. The van der Waals surface area contributed by atoms with Gasteiger partial charge in [0.15, 0.2) is 11.6 Å². The number of hydrogen-bond acceptors (Lipinski definition) is 4. The van der Waals surface area contributed by atoms with E-state index in [-0.39, 0.29) is 24.3 Å². The van der Waals surface area contributed by atoms with E-state index in [9.17, 15) is 4.79 Å². The Kier molecular flexibility index (Phi) is 4.26. The van der Waals surface area contributed by atoms with Crippen LogP contribution in [0.5, 0.6) is 5.75 Å². The van der Waals surface area contributed by atoms with Gasteiger partial charge < -0.3 is 9.84 Å². The minimum atomic E-state index is -0.959. The summed E-state index contributed by atoms with van der Waals surface area (Å²) < 4.78 is 5.60. The number of carboxylic acid groups (broad SMARTS) is 1. The van der Waals surface area contributed by atoms with Gasteiger partial charge in [-0.25, -0.2) is 4.98 Å². The second-order valence-corrected chi connectivity index (χ2v) is 5.83. The number of aliphatic carboxylic acids is 1. The molecule has 1 aromatic carbocycles. The topological polar surface area (TPSA) is 88.1 Å². The lowest BCUT2D eigenvalue weighted by molar-refractivity contribution is -0.136. The molecule has 1 aromatic heterocycles. The first-order valence-corrected chi connectivity index (χ1v) is 6.70. The average Bonchev–Trinajstić information content (AvgIpc) is 2.82. The SMILES string of the molecule is CC(C)(C)c1ccc(OCc2nc(CC(=O)O)n[nH]2)cc1. The molecule has 0 aliphatic rings. The van der Waals surface area contributed by atoms with E-state index in [1.54, 1.807) is 0 Å². The van der Waals surface area contributed by atoms with Crippen LogP contribution >= 0.6 is 0 Å². The van der Waals surface area contributed by atoms with E-state index < -0.39 is 5.97 Å². The molecule has 0 amide bonds. The number of carbonyl (C=O) groups is 1. The molecule has 0 atom stereocenters. The third-order valence-electron chi connectivity index (χ3n) is 2.98. The normalized spacial score (nSPS) is 11.4. The molecule has 0 saturated heterocycles. The Bertz CT molecular complexity index is 612. The quantitative estimate of drug-likeness (QED) is 0.881. The molecular weight excluding hydrogens is 270 g/mol. The Labute approximate surface area is 123 Å². The van der Waals surface area contributed by atoms with E-state index >= 15 is 0 Å². The summed E-state index contributed by atoms with van der Waals surface area (Å²) in [5.41, 5.74) is 1.34. The van der Waals surface area contributed by atoms with Gasteiger partial charge in [0.25, 0.3) is 0 Å². The third-order valence-corrected chi connectivity index (χ3v) is 2.98. The van der Waals surface area contributed by atoms with Gasteiger partial charge in [-0.3, -0.25) is 9.89 Å². The van der Waals surface area contributed by atoms with E-state index in [0.717, 1.165) is 5.75 Å². The number of aromatic amines is 1. The predicted molar refractivity (Wildman–Crippen MR) is 77.2 cm³/mol. The summed E-state index contributed by atoms with van der Waals surface area (Å²) in [7, 11) is 0. The van der Waals surface area contributed by atoms with Crippen molar-refractivity contribution in [3.63, 3.8) is 0 Å². The molecular formula is C15H19N3O3. The van der Waals surface area contributed by atoms with Gasteiger partial charge in [-0.1, -0.05) is 32.9 Å². The van der Waals surface area contributed by atoms with Crippen molar-refractivity contribution in [2.24, 2.45) is 0 Å². The smallest absolute Gasteiger partial charge is 0.311 e. The summed E-state index contributed by atoms with van der Waals surface area (Å²) in [6, 6.07) is 7.89. The van der Waals surface area contributed by atoms with E-state index in [0.29, 0.717) is 5.82 Å². The molecule has 0 radical (unpaired) electrons. The molecule has 0 fully saturated rings. The lowest BCUT2D eigenvalue weighted by Crippen LogP contribution is -2.10. The Hall–Kier alpha value is -2.37. The molecule has 2 aromatic rings. The molecule has 0 bridgehead atoms. The van der Waals surface area contributed by atoms with Crippen LogP contribution in [-0.2, 0) is 23.2 Å². The monoisotopic (exact) mass is 289 g/mol. The number of rotatable bonds is 5. The summed E-state index contributed by atoms with van der Waals surface area (Å²) in [6.45, 7) is 6.69. The molecule has 1 heterocycles. The van der Waals surface area contributed by atoms with E-state index in [1.165, 1.54) is 5.56 Å². The zero-order valence-electron chi connectivity index (χ0n) is 12.4. The van der Waals surface area contributed by atoms with Crippen LogP contribution in [0.1, 0.15) is 38.0 Å². The van der Waals surface area contributed by atoms with Gasteiger partial charge in [-0.2, -0.15) is 5.10 Å². The second-order valence-electron chi connectivity index (χ2n) is 5.83. The first kappa shape index (κ1) is 15.0. The Morgan fingerprint density at radius 1 is 1.29 bits per heavy atom. The van der Waals surface area contributed by atoms with Gasteiger partial charge in [0.05, 0.1) is 0 Å². The molecule has 0 aliphatic carbocycles. The van der Waals surface area contributed by atoms with Crippen molar-refractivity contribution >= 4 is 5.97 Å². The van der Waals surface area contributed by atoms with Crippen molar-refractivity contribution in [2.75, 3.05) is 0 Å². The maximum Gasteiger partial charge on any atom is 0.311 e. The molecule has 6 heteroatoms. The Balaban J connectivity index is 1.94. The fourth-order valence-electron chi connectivity index (χ4n) is 1.82. The van der Waals surface area contributed by atoms with Crippen molar-refractivity contribution in [1.82, 2.24) is 15.2 Å². The van der Waals surface area contributed by atoms with E-state index in [2.05, 4.69) is 36.0 Å². The number of aromatic nitrogens is 3. The summed E-state index contributed by atoms with van der Waals surface area (Å²) in [4.78, 5) is 14.6. The Morgan fingerprint density at radius 2 is 1.95 bits per heavy atom. The van der Waals surface area contributed by atoms with Crippen LogP contribution in [0.3, 0.4) is 0 Å². The second kappa shape index (κ2) is 5.95. The zero-order chi connectivity index (χ0) is 15.5. The number of nitrogens with one attached hydrogen (secondary N) is 1. The number of carboxylic acids is 1. The van der Waals surface area contributed by atoms with Crippen molar-refractivity contribution in [3.05, 3.63) is 41.5 Å². The minimum absolute atomic E-state index is 0.106. The molecule has 2 N–H and O–H groups in total. The van der Waals surface area contributed by atoms with Gasteiger partial charge in [0.2, 0.25) is 0 Å². The zero-order valence-corrected chi connectivity index (χ0v) is 12.4. The average molecular weight is 289 g/mol. The Morgan fingerprint density at radius 3 is 2.52 bits per heavy atom. The van der Waals surface area contributed by atoms with Gasteiger partial charge in [0, 0.05) is 0 Å². The molecule has 6 nitrogen and oxygen atoms in total. The number of ether oxygens (including phenoxy) is 1. The maximum atomic E-state index is 10.5. The number of H-pyrrole nitrogens is 1.